The fraction of sp³-hybridized carbons (Fsp3) is 0.367. The molecule has 0 unspecified atom stereocenters. The number of urea groups is 1. The summed E-state index contributed by atoms with van der Waals surface area (Å²) in [6, 6.07) is 12.8. The van der Waals surface area contributed by atoms with Gasteiger partial charge in [-0.15, -0.1) is 0 Å². The maximum absolute atomic E-state index is 15.8. The average Bonchev–Trinajstić information content (AvgIpc) is 3.91. The van der Waals surface area contributed by atoms with Crippen molar-refractivity contribution in [2.45, 2.75) is 26.2 Å². The molecule has 3 aromatic carbocycles. The number of benzene rings is 3. The zero-order valence-corrected chi connectivity index (χ0v) is 42.4. The molecule has 0 bridgehead atoms. The Morgan fingerprint density at radius 1 is 0.886 bits per heavy atom. The summed E-state index contributed by atoms with van der Waals surface area (Å²) in [4.78, 5) is 46.7. The van der Waals surface area contributed by atoms with Crippen molar-refractivity contribution in [3.8, 4) is 16.9 Å². The number of rotatable bonds is 12. The van der Waals surface area contributed by atoms with Gasteiger partial charge < -0.3 is 29.7 Å². The van der Waals surface area contributed by atoms with Crippen LogP contribution in [0, 0.1) is 18.7 Å². The Kier molecular flexibility index (Phi) is 12.7. The molecule has 3 aliphatic heterocycles. The van der Waals surface area contributed by atoms with Gasteiger partial charge in [0.15, 0.2) is 5.82 Å². The van der Waals surface area contributed by atoms with Crippen molar-refractivity contribution >= 4 is 102 Å². The van der Waals surface area contributed by atoms with Gasteiger partial charge in [0.05, 0.1) is 40.4 Å². The van der Waals surface area contributed by atoms with E-state index in [0.717, 1.165) is 78.8 Å². The molecule has 3 amide bonds. The van der Waals surface area contributed by atoms with Gasteiger partial charge >= 0.3 is 6.03 Å². The number of nitrogens with one attached hydrogen (secondary N) is 3. The lowest BCUT2D eigenvalue weighted by Crippen LogP contribution is -2.49. The maximum atomic E-state index is 15.8. The zero-order valence-electron chi connectivity index (χ0n) is 40.0. The number of carbonyl (C=O) groups is 2. The minimum Gasteiger partial charge on any atom is -0.494 e. The first-order valence-corrected chi connectivity index (χ1v) is 26.7. The molecular formula is C49H55BrFN14O4P. The lowest BCUT2D eigenvalue weighted by Gasteiger charge is -2.40. The first-order chi connectivity index (χ1) is 33.6. The number of aryl methyl sites for hydroxylation is 3. The van der Waals surface area contributed by atoms with Gasteiger partial charge in [0.25, 0.3) is 0 Å². The van der Waals surface area contributed by atoms with E-state index in [1.807, 2.05) is 50.6 Å². The first kappa shape index (κ1) is 47.1. The van der Waals surface area contributed by atoms with Crippen molar-refractivity contribution in [1.82, 2.24) is 44.7 Å². The number of aromatic nitrogens is 7. The molecule has 7 heterocycles. The number of halogens is 2. The Morgan fingerprint density at radius 2 is 1.66 bits per heavy atom. The predicted octanol–water partition coefficient (Wildman–Crippen LogP) is 7.75. The quantitative estimate of drug-likeness (QED) is 0.101. The Morgan fingerprint density at radius 3 is 2.37 bits per heavy atom. The van der Waals surface area contributed by atoms with Gasteiger partial charge in [-0.05, 0) is 90.7 Å². The van der Waals surface area contributed by atoms with Crippen LogP contribution in [0.1, 0.15) is 25.0 Å². The molecule has 3 fully saturated rings. The smallest absolute Gasteiger partial charge is 0.329 e. The number of piperidine rings is 1. The maximum Gasteiger partial charge on any atom is 0.329 e. The molecule has 3 N–H and O–H groups in total. The molecule has 0 atom stereocenters. The molecule has 0 radical (unpaired) electrons. The molecule has 70 heavy (non-hydrogen) atoms. The molecule has 4 aromatic heterocycles. The lowest BCUT2D eigenvalue weighted by molar-refractivity contribution is -0.120. The molecule has 3 aliphatic rings. The Bertz CT molecular complexity index is 3230. The van der Waals surface area contributed by atoms with Gasteiger partial charge in [-0.2, -0.15) is 15.2 Å². The van der Waals surface area contributed by atoms with Crippen LogP contribution in [0.3, 0.4) is 0 Å². The van der Waals surface area contributed by atoms with Crippen molar-refractivity contribution in [2.24, 2.45) is 20.0 Å². The predicted molar refractivity (Wildman–Crippen MR) is 277 cm³/mol. The Hall–Kier alpha value is -6.63. The summed E-state index contributed by atoms with van der Waals surface area (Å²) in [7, 11) is 2.58. The lowest BCUT2D eigenvalue weighted by atomic mass is 9.94. The highest BCUT2D eigenvalue weighted by Crippen LogP contribution is 2.44. The SMILES string of the molecule is COc1cc(N2CCC(CN3CCN(c4cc5c(cc4F)c(N4CCC(=O)NC4=O)nn5C)CC3)CC2)c(-c2cnn(C)c2)cc1Nc1ncc(Br)c(Nc2ccc3cc(C)ncc3c2P(C)(C)=O)n1. The summed E-state index contributed by atoms with van der Waals surface area (Å²) >= 11 is 3.63. The van der Waals surface area contributed by atoms with Crippen LogP contribution in [-0.4, -0.2) is 124 Å². The monoisotopic (exact) mass is 1030 g/mol. The van der Waals surface area contributed by atoms with Crippen molar-refractivity contribution in [3.63, 3.8) is 0 Å². The van der Waals surface area contributed by atoms with Gasteiger partial charge in [-0.1, -0.05) is 6.07 Å². The number of fused-ring (bicyclic) bond motifs is 2. The van der Waals surface area contributed by atoms with Crippen molar-refractivity contribution < 1.29 is 23.3 Å². The molecule has 21 heteroatoms. The van der Waals surface area contributed by atoms with Crippen LogP contribution in [0.2, 0.25) is 0 Å². The van der Waals surface area contributed by atoms with Crippen LogP contribution in [0.25, 0.3) is 32.8 Å². The highest BCUT2D eigenvalue weighted by atomic mass is 79.9. The molecule has 364 valence electrons. The second-order valence-electron chi connectivity index (χ2n) is 18.7. The number of pyridine rings is 1. The van der Waals surface area contributed by atoms with E-state index in [-0.39, 0.29) is 24.7 Å². The van der Waals surface area contributed by atoms with Gasteiger partial charge in [-0.25, -0.2) is 14.2 Å². The summed E-state index contributed by atoms with van der Waals surface area (Å²) in [5, 5.41) is 21.3. The normalized spacial score (nSPS) is 16.4. The standard InChI is InChI=1S/C49H55BrFN14O4P/c1-29-19-31-7-8-38(45(70(5,6)68)35(31)25-52-29)55-46-36(50)26-53-48(58-46)56-39-21-33(32-24-54-60(2)28-32)41(23-43(39)69-4)63-12-9-30(10-13-63)27-62-15-17-64(18-16-62)42-22-40-34(20-37(42)51)47(59-61(40)3)65-14-11-44(66)57-49(65)67/h7-8,19-26,28,30H,9-18,27H2,1-6H3,(H,57,66,67)(H2,53,55,56,58). The van der Waals surface area contributed by atoms with Crippen molar-refractivity contribution in [1.29, 1.82) is 0 Å². The minimum absolute atomic E-state index is 0.161. The number of ether oxygens (including phenoxy) is 1. The largest absolute Gasteiger partial charge is 0.494 e. The highest BCUT2D eigenvalue weighted by Gasteiger charge is 2.31. The number of methoxy groups -OCH3 is 1. The van der Waals surface area contributed by atoms with E-state index in [1.54, 1.807) is 49.2 Å². The van der Waals surface area contributed by atoms with Gasteiger partial charge in [0.1, 0.15) is 24.5 Å². The van der Waals surface area contributed by atoms with E-state index in [9.17, 15) is 14.2 Å². The van der Waals surface area contributed by atoms with Crippen molar-refractivity contribution in [2.75, 3.05) is 98.1 Å². The average molecular weight is 1030 g/mol. The Balaban J connectivity index is 0.816. The number of hydrogen-bond acceptors (Lipinski definition) is 14. The van der Waals surface area contributed by atoms with Crippen LogP contribution in [-0.2, 0) is 23.5 Å². The van der Waals surface area contributed by atoms with Crippen LogP contribution in [0.15, 0.2) is 71.7 Å². The summed E-state index contributed by atoms with van der Waals surface area (Å²) in [6.45, 7) is 11.3. The number of imide groups is 1. The summed E-state index contributed by atoms with van der Waals surface area (Å²) in [5.74, 6) is 1.62. The second kappa shape index (κ2) is 18.9. The van der Waals surface area contributed by atoms with E-state index in [4.69, 9.17) is 9.72 Å². The zero-order chi connectivity index (χ0) is 49.0. The molecular weight excluding hydrogens is 979 g/mol. The number of amides is 3. The van der Waals surface area contributed by atoms with Crippen LogP contribution in [0.4, 0.5) is 49.5 Å². The van der Waals surface area contributed by atoms with E-state index < -0.39 is 13.2 Å². The van der Waals surface area contributed by atoms with Gasteiger partial charge in [0, 0.05) is 136 Å². The third-order valence-corrected chi connectivity index (χ3v) is 15.7. The van der Waals surface area contributed by atoms with Crippen LogP contribution >= 0.6 is 23.1 Å². The van der Waals surface area contributed by atoms with E-state index in [0.29, 0.717) is 80.1 Å². The molecule has 7 aromatic rings. The Labute approximate surface area is 413 Å². The first-order valence-electron chi connectivity index (χ1n) is 23.3. The second-order valence-corrected chi connectivity index (χ2v) is 22.7. The highest BCUT2D eigenvalue weighted by molar-refractivity contribution is 9.10. The third-order valence-electron chi connectivity index (χ3n) is 13.5. The molecule has 0 saturated carbocycles. The molecule has 18 nitrogen and oxygen atoms in total. The molecule has 10 rings (SSSR count). The number of nitrogens with zero attached hydrogens (tertiary/aromatic N) is 11. The summed E-state index contributed by atoms with van der Waals surface area (Å²) in [6.07, 6.45) is 9.53. The number of hydrogen-bond donors (Lipinski definition) is 3. The van der Waals surface area contributed by atoms with Crippen LogP contribution in [0.5, 0.6) is 5.75 Å². The minimum atomic E-state index is -2.77. The number of piperazine rings is 1. The van der Waals surface area contributed by atoms with Gasteiger partial charge in [0.2, 0.25) is 11.9 Å². The van der Waals surface area contributed by atoms with E-state index in [1.165, 1.54) is 11.0 Å². The third kappa shape index (κ3) is 9.39. The molecule has 0 aliphatic carbocycles. The molecule has 0 spiro atoms. The summed E-state index contributed by atoms with van der Waals surface area (Å²) in [5.41, 5.74) is 6.49. The van der Waals surface area contributed by atoms with Gasteiger partial charge in [-0.3, -0.25) is 34.3 Å². The van der Waals surface area contributed by atoms with E-state index >= 15 is 4.39 Å². The fourth-order valence-electron chi connectivity index (χ4n) is 10.00. The van der Waals surface area contributed by atoms with Crippen molar-refractivity contribution in [3.05, 3.63) is 83.2 Å². The number of anilines is 7. The molecule has 3 saturated heterocycles. The fourth-order valence-corrected chi connectivity index (χ4v) is 11.8. The topological polar surface area (TPSA) is 184 Å². The van der Waals surface area contributed by atoms with Crippen LogP contribution < -0.4 is 40.7 Å². The summed E-state index contributed by atoms with van der Waals surface area (Å²) < 4.78 is 39.7. The van der Waals surface area contributed by atoms with E-state index in [2.05, 4.69) is 78.9 Å². The number of carbonyl (C=O) groups excluding carboxylic acids is 2.